The molecule has 3 nitrogen and oxygen atoms in total. The summed E-state index contributed by atoms with van der Waals surface area (Å²) in [4.78, 5) is 18.1. The van der Waals surface area contributed by atoms with Crippen molar-refractivity contribution in [1.82, 2.24) is 4.90 Å². The van der Waals surface area contributed by atoms with Crippen molar-refractivity contribution in [2.45, 2.75) is 13.3 Å². The average molecular weight is 300 g/mol. The number of benzene rings is 1. The molecular weight excluding hydrogens is 280 g/mol. The molecule has 2 heterocycles. The summed E-state index contributed by atoms with van der Waals surface area (Å²) in [5.41, 5.74) is 2.10. The van der Waals surface area contributed by atoms with E-state index in [-0.39, 0.29) is 5.91 Å². The number of anilines is 1. The molecule has 0 unspecified atom stereocenters. The number of para-hydroxylation sites is 1. The van der Waals surface area contributed by atoms with Crippen LogP contribution in [0.5, 0.6) is 0 Å². The molecule has 0 aliphatic carbocycles. The fourth-order valence-electron chi connectivity index (χ4n) is 2.67. The van der Waals surface area contributed by atoms with E-state index in [9.17, 15) is 4.79 Å². The van der Waals surface area contributed by atoms with E-state index in [1.165, 1.54) is 10.6 Å². The minimum Gasteiger partial charge on any atom is -0.368 e. The number of carbonyl (C=O) groups is 1. The monoisotopic (exact) mass is 300 g/mol. The largest absolute Gasteiger partial charge is 0.368 e. The van der Waals surface area contributed by atoms with Gasteiger partial charge in [-0.15, -0.1) is 11.3 Å². The Morgan fingerprint density at radius 3 is 2.48 bits per heavy atom. The smallest absolute Gasteiger partial charge is 0.254 e. The normalized spacial score (nSPS) is 15.3. The molecule has 4 heteroatoms. The van der Waals surface area contributed by atoms with Gasteiger partial charge in [0.25, 0.3) is 5.91 Å². The number of hydrogen-bond acceptors (Lipinski definition) is 3. The van der Waals surface area contributed by atoms with Crippen LogP contribution in [0, 0.1) is 0 Å². The van der Waals surface area contributed by atoms with E-state index >= 15 is 0 Å². The molecule has 0 radical (unpaired) electrons. The van der Waals surface area contributed by atoms with Gasteiger partial charge in [0.05, 0.1) is 5.56 Å². The highest BCUT2D eigenvalue weighted by atomic mass is 32.1. The first-order valence-electron chi connectivity index (χ1n) is 7.44. The van der Waals surface area contributed by atoms with Crippen molar-refractivity contribution in [1.29, 1.82) is 0 Å². The van der Waals surface area contributed by atoms with Crippen LogP contribution in [-0.4, -0.2) is 37.0 Å². The molecule has 1 aliphatic rings. The Kier molecular flexibility index (Phi) is 4.25. The third-order valence-corrected chi connectivity index (χ3v) is 5.02. The van der Waals surface area contributed by atoms with Crippen molar-refractivity contribution < 1.29 is 4.79 Å². The molecule has 3 rings (SSSR count). The van der Waals surface area contributed by atoms with Gasteiger partial charge in [0.2, 0.25) is 0 Å². The standard InChI is InChI=1S/C17H20N2OS/c1-2-16-12-14(13-21-16)17(20)19-10-8-18(9-11-19)15-6-4-3-5-7-15/h3-7,12-13H,2,8-11H2,1H3. The van der Waals surface area contributed by atoms with Crippen molar-refractivity contribution in [3.8, 4) is 0 Å². The SMILES string of the molecule is CCc1cc(C(=O)N2CCN(c3ccccc3)CC2)cs1. The molecular formula is C17H20N2OS. The van der Waals surface area contributed by atoms with Gasteiger partial charge < -0.3 is 9.80 Å². The minimum atomic E-state index is 0.179. The van der Waals surface area contributed by atoms with Crippen LogP contribution < -0.4 is 4.90 Å². The first-order chi connectivity index (χ1) is 10.3. The van der Waals surface area contributed by atoms with Gasteiger partial charge in [0.15, 0.2) is 0 Å². The summed E-state index contributed by atoms with van der Waals surface area (Å²) in [6.07, 6.45) is 1.000. The molecule has 1 fully saturated rings. The molecule has 1 aromatic carbocycles. The Bertz CT molecular complexity index is 600. The number of thiophene rings is 1. The van der Waals surface area contributed by atoms with Gasteiger partial charge in [-0.05, 0) is 24.6 Å². The summed E-state index contributed by atoms with van der Waals surface area (Å²) in [7, 11) is 0. The van der Waals surface area contributed by atoms with E-state index in [2.05, 4.69) is 36.1 Å². The maximum atomic E-state index is 12.5. The summed E-state index contributed by atoms with van der Waals surface area (Å²) in [6, 6.07) is 12.4. The highest BCUT2D eigenvalue weighted by Crippen LogP contribution is 2.19. The number of amides is 1. The van der Waals surface area contributed by atoms with Crippen LogP contribution >= 0.6 is 11.3 Å². The summed E-state index contributed by atoms with van der Waals surface area (Å²) in [6.45, 7) is 5.52. The lowest BCUT2D eigenvalue weighted by molar-refractivity contribution is 0.0747. The quantitative estimate of drug-likeness (QED) is 0.868. The molecule has 1 aromatic heterocycles. The van der Waals surface area contributed by atoms with Crippen LogP contribution in [0.4, 0.5) is 5.69 Å². The third kappa shape index (κ3) is 3.10. The van der Waals surface area contributed by atoms with E-state index in [0.29, 0.717) is 0 Å². The molecule has 1 aliphatic heterocycles. The van der Waals surface area contributed by atoms with E-state index in [1.54, 1.807) is 11.3 Å². The number of rotatable bonds is 3. The second kappa shape index (κ2) is 6.31. The number of aryl methyl sites for hydroxylation is 1. The first-order valence-corrected chi connectivity index (χ1v) is 8.32. The van der Waals surface area contributed by atoms with E-state index < -0.39 is 0 Å². The van der Waals surface area contributed by atoms with Crippen LogP contribution in [0.25, 0.3) is 0 Å². The number of carbonyl (C=O) groups excluding carboxylic acids is 1. The molecule has 0 N–H and O–H groups in total. The van der Waals surface area contributed by atoms with Crippen LogP contribution in [0.2, 0.25) is 0 Å². The van der Waals surface area contributed by atoms with E-state index in [1.807, 2.05) is 22.4 Å². The molecule has 1 amide bonds. The molecule has 0 spiro atoms. The molecule has 21 heavy (non-hydrogen) atoms. The molecule has 2 aromatic rings. The van der Waals surface area contributed by atoms with Gasteiger partial charge in [-0.2, -0.15) is 0 Å². The van der Waals surface area contributed by atoms with Crippen LogP contribution in [-0.2, 0) is 6.42 Å². The zero-order chi connectivity index (χ0) is 14.7. The predicted molar refractivity (Wildman–Crippen MR) is 88.3 cm³/mol. The second-order valence-electron chi connectivity index (χ2n) is 5.27. The van der Waals surface area contributed by atoms with Gasteiger partial charge in [-0.3, -0.25) is 4.79 Å². The van der Waals surface area contributed by atoms with Gasteiger partial charge in [0.1, 0.15) is 0 Å². The molecule has 0 saturated carbocycles. The van der Waals surface area contributed by atoms with Crippen LogP contribution in [0.15, 0.2) is 41.8 Å². The Hall–Kier alpha value is -1.81. The highest BCUT2D eigenvalue weighted by molar-refractivity contribution is 7.10. The lowest BCUT2D eigenvalue weighted by Crippen LogP contribution is -2.48. The summed E-state index contributed by atoms with van der Waals surface area (Å²) >= 11 is 1.68. The van der Waals surface area contributed by atoms with Gasteiger partial charge in [0, 0.05) is 42.1 Å². The third-order valence-electron chi connectivity index (χ3n) is 3.94. The Labute approximate surface area is 129 Å². The fraction of sp³-hybridized carbons (Fsp3) is 0.353. The minimum absolute atomic E-state index is 0.179. The number of hydrogen-bond donors (Lipinski definition) is 0. The van der Waals surface area contributed by atoms with Gasteiger partial charge in [-0.25, -0.2) is 0 Å². The van der Waals surface area contributed by atoms with Gasteiger partial charge in [-0.1, -0.05) is 25.1 Å². The fourth-order valence-corrected chi connectivity index (χ4v) is 3.48. The summed E-state index contributed by atoms with van der Waals surface area (Å²) in [5.74, 6) is 0.179. The predicted octanol–water partition coefficient (Wildman–Crippen LogP) is 3.27. The topological polar surface area (TPSA) is 23.6 Å². The van der Waals surface area contributed by atoms with E-state index in [0.717, 1.165) is 38.2 Å². The van der Waals surface area contributed by atoms with Crippen LogP contribution in [0.3, 0.4) is 0 Å². The van der Waals surface area contributed by atoms with Crippen molar-refractivity contribution in [2.75, 3.05) is 31.1 Å². The Morgan fingerprint density at radius 1 is 1.14 bits per heavy atom. The Balaban J connectivity index is 1.61. The van der Waals surface area contributed by atoms with Gasteiger partial charge >= 0.3 is 0 Å². The maximum absolute atomic E-state index is 12.5. The molecule has 0 bridgehead atoms. The highest BCUT2D eigenvalue weighted by Gasteiger charge is 2.22. The summed E-state index contributed by atoms with van der Waals surface area (Å²) < 4.78 is 0. The number of nitrogens with zero attached hydrogens (tertiary/aromatic N) is 2. The molecule has 110 valence electrons. The van der Waals surface area contributed by atoms with E-state index in [4.69, 9.17) is 0 Å². The summed E-state index contributed by atoms with van der Waals surface area (Å²) in [5, 5.41) is 1.99. The van der Waals surface area contributed by atoms with Crippen molar-refractivity contribution in [3.05, 3.63) is 52.2 Å². The lowest BCUT2D eigenvalue weighted by atomic mass is 10.2. The van der Waals surface area contributed by atoms with Crippen molar-refractivity contribution in [2.24, 2.45) is 0 Å². The first kappa shape index (κ1) is 14.1. The lowest BCUT2D eigenvalue weighted by Gasteiger charge is -2.36. The van der Waals surface area contributed by atoms with Crippen molar-refractivity contribution in [3.63, 3.8) is 0 Å². The zero-order valence-electron chi connectivity index (χ0n) is 12.3. The molecule has 0 atom stereocenters. The maximum Gasteiger partial charge on any atom is 0.254 e. The Morgan fingerprint density at radius 2 is 1.86 bits per heavy atom. The average Bonchev–Trinajstić information content (AvgIpc) is 3.04. The number of piperazine rings is 1. The van der Waals surface area contributed by atoms with Crippen molar-refractivity contribution >= 4 is 22.9 Å². The molecule has 1 saturated heterocycles. The zero-order valence-corrected chi connectivity index (χ0v) is 13.1. The van der Waals surface area contributed by atoms with Crippen LogP contribution in [0.1, 0.15) is 22.2 Å². The second-order valence-corrected chi connectivity index (χ2v) is 6.27.